The van der Waals surface area contributed by atoms with Gasteiger partial charge in [-0.2, -0.15) is 0 Å². The maximum atomic E-state index is 11.8. The van der Waals surface area contributed by atoms with Crippen LogP contribution in [0.3, 0.4) is 0 Å². The number of nitrogens with zero attached hydrogens (tertiary/aromatic N) is 2. The van der Waals surface area contributed by atoms with Crippen LogP contribution in [0.25, 0.3) is 0 Å². The Morgan fingerprint density at radius 3 is 2.46 bits per heavy atom. The summed E-state index contributed by atoms with van der Waals surface area (Å²) >= 11 is 1.66. The number of hydrogen-bond donors (Lipinski definition) is 3. The van der Waals surface area contributed by atoms with Gasteiger partial charge in [-0.3, -0.25) is 0 Å². The van der Waals surface area contributed by atoms with E-state index in [2.05, 4.69) is 22.5 Å². The number of aliphatic hydroxyl groups is 1. The number of rotatable bonds is 8. The Morgan fingerprint density at radius 2 is 1.83 bits per heavy atom. The molecule has 4 unspecified atom stereocenters. The summed E-state index contributed by atoms with van der Waals surface area (Å²) in [6.45, 7) is 4.58. The monoisotopic (exact) mass is 496 g/mol. The van der Waals surface area contributed by atoms with Crippen molar-refractivity contribution in [1.82, 2.24) is 14.9 Å². The number of benzene rings is 2. The molecule has 35 heavy (non-hydrogen) atoms. The third kappa shape index (κ3) is 6.24. The molecule has 1 saturated heterocycles. The summed E-state index contributed by atoms with van der Waals surface area (Å²) in [5.74, 6) is 0.825. The zero-order valence-corrected chi connectivity index (χ0v) is 21.0. The van der Waals surface area contributed by atoms with E-state index < -0.39 is 6.29 Å². The molecular formula is C26H32N4O4S. The van der Waals surface area contributed by atoms with Crippen LogP contribution in [-0.4, -0.2) is 39.1 Å². The van der Waals surface area contributed by atoms with Crippen LogP contribution in [0.4, 0.5) is 10.5 Å². The molecule has 2 amide bonds. The number of hydrogen-bond acceptors (Lipinski definition) is 6. The molecule has 9 heteroatoms. The van der Waals surface area contributed by atoms with Crippen LogP contribution in [0.15, 0.2) is 66.1 Å². The lowest BCUT2D eigenvalue weighted by Crippen LogP contribution is -2.38. The lowest BCUT2D eigenvalue weighted by atomic mass is 9.91. The first-order valence-electron chi connectivity index (χ1n) is 11.7. The maximum Gasteiger partial charge on any atom is 0.319 e. The zero-order chi connectivity index (χ0) is 24.8. The SMILES string of the molecule is CCNC(=O)Nc1ccc(C2OC(CSc3nccn3C)C(C)C(c3ccc(CO)cc3)O2)cc1. The smallest absolute Gasteiger partial charge is 0.319 e. The molecule has 0 radical (unpaired) electrons. The Bertz CT molecular complexity index is 1100. The highest BCUT2D eigenvalue weighted by atomic mass is 32.2. The normalized spacial score (nSPS) is 22.1. The molecule has 0 spiro atoms. The molecule has 2 aromatic carbocycles. The summed E-state index contributed by atoms with van der Waals surface area (Å²) in [5, 5.41) is 15.9. The fraction of sp³-hybridized carbons (Fsp3) is 0.385. The number of anilines is 1. The van der Waals surface area contributed by atoms with E-state index in [1.54, 1.807) is 18.0 Å². The van der Waals surface area contributed by atoms with Crippen LogP contribution in [0.2, 0.25) is 0 Å². The number of carbonyl (C=O) groups excluding carboxylic acids is 1. The Kier molecular flexibility index (Phi) is 8.46. The van der Waals surface area contributed by atoms with Gasteiger partial charge in [-0.25, -0.2) is 9.78 Å². The van der Waals surface area contributed by atoms with Crippen LogP contribution in [0.5, 0.6) is 0 Å². The predicted octanol–water partition coefficient (Wildman–Crippen LogP) is 4.64. The zero-order valence-electron chi connectivity index (χ0n) is 20.2. The molecule has 1 aliphatic heterocycles. The van der Waals surface area contributed by atoms with Crippen molar-refractivity contribution in [1.29, 1.82) is 0 Å². The Balaban J connectivity index is 1.54. The molecule has 186 valence electrons. The van der Waals surface area contributed by atoms with Crippen LogP contribution in [-0.2, 0) is 23.1 Å². The molecule has 0 saturated carbocycles. The van der Waals surface area contributed by atoms with Gasteiger partial charge in [-0.1, -0.05) is 55.1 Å². The number of carbonyl (C=O) groups is 1. The highest BCUT2D eigenvalue weighted by Crippen LogP contribution is 2.43. The first-order valence-corrected chi connectivity index (χ1v) is 12.7. The van der Waals surface area contributed by atoms with Crippen molar-refractivity contribution in [3.8, 4) is 0 Å². The Morgan fingerprint density at radius 1 is 1.11 bits per heavy atom. The number of aromatic nitrogens is 2. The lowest BCUT2D eigenvalue weighted by molar-refractivity contribution is -0.268. The Hall–Kier alpha value is -2.85. The summed E-state index contributed by atoms with van der Waals surface area (Å²) in [6, 6.07) is 15.2. The molecule has 3 aromatic rings. The van der Waals surface area contributed by atoms with Crippen molar-refractivity contribution in [3.05, 3.63) is 77.6 Å². The molecule has 1 aromatic heterocycles. The molecule has 1 aliphatic rings. The van der Waals surface area contributed by atoms with Crippen molar-refractivity contribution in [3.63, 3.8) is 0 Å². The first-order chi connectivity index (χ1) is 17.0. The highest BCUT2D eigenvalue weighted by Gasteiger charge is 2.38. The van der Waals surface area contributed by atoms with Crippen molar-refractivity contribution in [2.24, 2.45) is 13.0 Å². The van der Waals surface area contributed by atoms with E-state index in [1.165, 1.54) is 0 Å². The number of aryl methyl sites for hydroxylation is 1. The highest BCUT2D eigenvalue weighted by molar-refractivity contribution is 7.99. The van der Waals surface area contributed by atoms with Gasteiger partial charge < -0.3 is 29.8 Å². The molecule has 0 aliphatic carbocycles. The second-order valence-electron chi connectivity index (χ2n) is 8.56. The van der Waals surface area contributed by atoms with Crippen molar-refractivity contribution in [2.75, 3.05) is 17.6 Å². The summed E-state index contributed by atoms with van der Waals surface area (Å²) in [6.07, 6.45) is 2.91. The standard InChI is InChI=1S/C26H32N4O4S/c1-4-27-25(32)29-21-11-9-20(10-12-21)24-33-22(16-35-26-28-13-14-30(26)3)17(2)23(34-24)19-7-5-18(15-31)6-8-19/h5-14,17,22-24,31H,4,15-16H2,1-3H3,(H2,27,29,32). The molecule has 3 N–H and O–H groups in total. The van der Waals surface area contributed by atoms with Gasteiger partial charge in [0.1, 0.15) is 0 Å². The fourth-order valence-electron chi connectivity index (χ4n) is 4.02. The van der Waals surface area contributed by atoms with E-state index in [0.717, 1.165) is 27.6 Å². The van der Waals surface area contributed by atoms with Gasteiger partial charge in [0.05, 0.1) is 18.8 Å². The minimum atomic E-state index is -0.556. The molecular weight excluding hydrogens is 464 g/mol. The summed E-state index contributed by atoms with van der Waals surface area (Å²) < 4.78 is 14.9. The average Bonchev–Trinajstić information content (AvgIpc) is 3.28. The molecule has 0 bridgehead atoms. The first kappa shape index (κ1) is 25.2. The van der Waals surface area contributed by atoms with Gasteiger partial charge >= 0.3 is 6.03 Å². The van der Waals surface area contributed by atoms with Crippen LogP contribution >= 0.6 is 11.8 Å². The molecule has 1 fully saturated rings. The van der Waals surface area contributed by atoms with Crippen molar-refractivity contribution in [2.45, 2.75) is 44.1 Å². The largest absolute Gasteiger partial charge is 0.392 e. The molecule has 4 rings (SSSR count). The molecule has 8 nitrogen and oxygen atoms in total. The number of thioether (sulfide) groups is 1. The topological polar surface area (TPSA) is 97.6 Å². The van der Waals surface area contributed by atoms with Gasteiger partial charge in [0.25, 0.3) is 0 Å². The van der Waals surface area contributed by atoms with Crippen LogP contribution < -0.4 is 10.6 Å². The predicted molar refractivity (Wildman–Crippen MR) is 136 cm³/mol. The third-order valence-electron chi connectivity index (χ3n) is 6.06. The summed E-state index contributed by atoms with van der Waals surface area (Å²) in [5.41, 5.74) is 3.48. The van der Waals surface area contributed by atoms with Gasteiger partial charge in [0.2, 0.25) is 0 Å². The van der Waals surface area contributed by atoms with E-state index >= 15 is 0 Å². The van der Waals surface area contributed by atoms with Crippen LogP contribution in [0, 0.1) is 5.92 Å². The van der Waals surface area contributed by atoms with Gasteiger partial charge in [0.15, 0.2) is 11.4 Å². The van der Waals surface area contributed by atoms with Gasteiger partial charge in [-0.05, 0) is 30.2 Å². The number of nitrogens with one attached hydrogen (secondary N) is 2. The summed E-state index contributed by atoms with van der Waals surface area (Å²) in [4.78, 5) is 16.2. The van der Waals surface area contributed by atoms with E-state index in [9.17, 15) is 9.90 Å². The van der Waals surface area contributed by atoms with E-state index in [1.807, 2.05) is 73.3 Å². The van der Waals surface area contributed by atoms with Crippen molar-refractivity contribution < 1.29 is 19.4 Å². The van der Waals surface area contributed by atoms with E-state index in [0.29, 0.717) is 12.2 Å². The van der Waals surface area contributed by atoms with Crippen molar-refractivity contribution >= 4 is 23.5 Å². The summed E-state index contributed by atoms with van der Waals surface area (Å²) in [7, 11) is 1.98. The lowest BCUT2D eigenvalue weighted by Gasteiger charge is -2.41. The number of imidazole rings is 1. The third-order valence-corrected chi connectivity index (χ3v) is 7.20. The second kappa shape index (κ2) is 11.7. The number of aliphatic hydroxyl groups excluding tert-OH is 1. The molecule has 2 heterocycles. The average molecular weight is 497 g/mol. The van der Waals surface area contributed by atoms with Crippen LogP contribution in [0.1, 0.15) is 42.9 Å². The number of urea groups is 1. The minimum absolute atomic E-state index is 0.00663. The molecule has 4 atom stereocenters. The minimum Gasteiger partial charge on any atom is -0.392 e. The number of ether oxygens (including phenoxy) is 2. The fourth-order valence-corrected chi connectivity index (χ4v) is 5.11. The second-order valence-corrected chi connectivity index (χ2v) is 9.55. The Labute approximate surface area is 210 Å². The maximum absolute atomic E-state index is 11.8. The quantitative estimate of drug-likeness (QED) is 0.393. The van der Waals surface area contributed by atoms with Gasteiger partial charge in [0, 0.05) is 48.9 Å². The van der Waals surface area contributed by atoms with Gasteiger partial charge in [-0.15, -0.1) is 0 Å². The van der Waals surface area contributed by atoms with E-state index in [-0.39, 0.29) is 30.8 Å². The number of amides is 2. The van der Waals surface area contributed by atoms with E-state index in [4.69, 9.17) is 9.47 Å².